The largest absolute Gasteiger partial charge is 0.456 e. The first kappa shape index (κ1) is 36.5. The van der Waals surface area contributed by atoms with Crippen LogP contribution in [0.25, 0.3) is 88.1 Å². The van der Waals surface area contributed by atoms with Crippen LogP contribution in [0.4, 0.5) is 0 Å². The van der Waals surface area contributed by atoms with Gasteiger partial charge < -0.3 is 13.6 Å². The van der Waals surface area contributed by atoms with Gasteiger partial charge in [0, 0.05) is 43.7 Å². The molecule has 13 aromatic rings. The monoisotopic (exact) mass is 832 g/mol. The fraction of sp³-hybridized carbons (Fsp3) is 0. The van der Waals surface area contributed by atoms with Gasteiger partial charge in [0.15, 0.2) is 8.07 Å². The van der Waals surface area contributed by atoms with E-state index in [1.807, 2.05) is 12.1 Å². The lowest BCUT2D eigenvalue weighted by Gasteiger charge is -2.34. The van der Waals surface area contributed by atoms with E-state index < -0.39 is 8.07 Å². The van der Waals surface area contributed by atoms with Crippen LogP contribution in [0.1, 0.15) is 0 Å². The zero-order valence-corrected chi connectivity index (χ0v) is 35.9. The van der Waals surface area contributed by atoms with Crippen LogP contribution in [0.15, 0.2) is 247 Å². The molecule has 0 saturated carbocycles. The number of furan rings is 1. The molecule has 3 heterocycles. The molecule has 0 radical (unpaired) electrons. The zero-order valence-electron chi connectivity index (χ0n) is 34.9. The first-order chi connectivity index (χ1) is 31.8. The Morgan fingerprint density at radius 1 is 0.297 bits per heavy atom. The molecule has 64 heavy (non-hydrogen) atoms. The number of hydrogen-bond acceptors (Lipinski definition) is 1. The van der Waals surface area contributed by atoms with Gasteiger partial charge in [-0.2, -0.15) is 0 Å². The molecule has 4 heteroatoms. The van der Waals surface area contributed by atoms with Crippen molar-refractivity contribution < 1.29 is 4.42 Å². The van der Waals surface area contributed by atoms with Crippen LogP contribution in [0, 0.1) is 0 Å². The zero-order chi connectivity index (χ0) is 42.2. The highest BCUT2D eigenvalue weighted by atomic mass is 28.3. The Morgan fingerprint density at radius 2 is 0.797 bits per heavy atom. The van der Waals surface area contributed by atoms with Gasteiger partial charge in [0.25, 0.3) is 0 Å². The third-order valence-electron chi connectivity index (χ3n) is 13.5. The summed E-state index contributed by atoms with van der Waals surface area (Å²) in [4.78, 5) is 0. The van der Waals surface area contributed by atoms with Gasteiger partial charge in [0.1, 0.15) is 11.2 Å². The Hall–Kier alpha value is -8.18. The maximum atomic E-state index is 6.22. The molecule has 3 nitrogen and oxygen atoms in total. The Labute approximate surface area is 371 Å². The van der Waals surface area contributed by atoms with E-state index in [1.54, 1.807) is 0 Å². The quantitative estimate of drug-likeness (QED) is 0.116. The van der Waals surface area contributed by atoms with Gasteiger partial charge >= 0.3 is 0 Å². The highest BCUT2D eigenvalue weighted by Crippen LogP contribution is 2.41. The van der Waals surface area contributed by atoms with Crippen molar-refractivity contribution in [3.63, 3.8) is 0 Å². The minimum absolute atomic E-state index is 0.907. The van der Waals surface area contributed by atoms with Crippen molar-refractivity contribution in [2.45, 2.75) is 0 Å². The van der Waals surface area contributed by atoms with Gasteiger partial charge in [-0.3, -0.25) is 0 Å². The lowest BCUT2D eigenvalue weighted by atomic mass is 9.98. The predicted molar refractivity (Wildman–Crippen MR) is 271 cm³/mol. The molecule has 0 atom stereocenters. The maximum Gasteiger partial charge on any atom is 0.179 e. The summed E-state index contributed by atoms with van der Waals surface area (Å²) < 4.78 is 11.1. The van der Waals surface area contributed by atoms with Crippen LogP contribution in [0.5, 0.6) is 0 Å². The van der Waals surface area contributed by atoms with E-state index in [4.69, 9.17) is 4.42 Å². The summed E-state index contributed by atoms with van der Waals surface area (Å²) in [5.41, 5.74) is 11.2. The number of aromatic nitrogens is 2. The van der Waals surface area contributed by atoms with Crippen LogP contribution in [-0.2, 0) is 0 Å². The predicted octanol–water partition coefficient (Wildman–Crippen LogP) is 12.8. The van der Waals surface area contributed by atoms with E-state index in [1.165, 1.54) is 75.5 Å². The molecule has 10 aromatic carbocycles. The summed E-state index contributed by atoms with van der Waals surface area (Å²) in [5, 5.41) is 12.7. The Morgan fingerprint density at radius 3 is 1.48 bits per heavy atom. The fourth-order valence-electron chi connectivity index (χ4n) is 10.7. The van der Waals surface area contributed by atoms with Crippen molar-refractivity contribution in [2.24, 2.45) is 0 Å². The topological polar surface area (TPSA) is 23.0 Å². The van der Waals surface area contributed by atoms with E-state index in [9.17, 15) is 0 Å². The Kier molecular flexibility index (Phi) is 8.23. The molecule has 13 rings (SSSR count). The smallest absolute Gasteiger partial charge is 0.179 e. The average Bonchev–Trinajstić information content (AvgIpc) is 4.03. The summed E-state index contributed by atoms with van der Waals surface area (Å²) >= 11 is 0. The second-order valence-corrected chi connectivity index (χ2v) is 20.6. The lowest BCUT2D eigenvalue weighted by molar-refractivity contribution is 0.669. The maximum absolute atomic E-state index is 6.22. The summed E-state index contributed by atoms with van der Waals surface area (Å²) in [5.74, 6) is 0. The second kappa shape index (κ2) is 14.5. The second-order valence-electron chi connectivity index (χ2n) is 16.8. The third-order valence-corrected chi connectivity index (χ3v) is 18.3. The fourth-order valence-corrected chi connectivity index (χ4v) is 15.5. The van der Waals surface area contributed by atoms with Crippen LogP contribution in [0.3, 0.4) is 0 Å². The van der Waals surface area contributed by atoms with E-state index in [2.05, 4.69) is 240 Å². The molecular weight excluding hydrogens is 793 g/mol. The summed E-state index contributed by atoms with van der Waals surface area (Å²) in [6.07, 6.45) is 0. The van der Waals surface area contributed by atoms with Crippen molar-refractivity contribution in [2.75, 3.05) is 0 Å². The molecule has 0 N–H and O–H groups in total. The molecule has 0 bridgehead atoms. The number of benzene rings is 10. The number of hydrogen-bond donors (Lipinski definition) is 0. The van der Waals surface area contributed by atoms with Crippen LogP contribution >= 0.6 is 0 Å². The van der Waals surface area contributed by atoms with Crippen molar-refractivity contribution in [3.05, 3.63) is 243 Å². The first-order valence-corrected chi connectivity index (χ1v) is 24.0. The van der Waals surface area contributed by atoms with Crippen molar-refractivity contribution in [1.29, 1.82) is 0 Å². The van der Waals surface area contributed by atoms with Crippen molar-refractivity contribution >= 4 is 94.4 Å². The van der Waals surface area contributed by atoms with Crippen LogP contribution < -0.4 is 20.7 Å². The molecule has 0 aliphatic rings. The van der Waals surface area contributed by atoms with E-state index in [0.29, 0.717) is 0 Å². The first-order valence-electron chi connectivity index (χ1n) is 22.0. The molecule has 0 spiro atoms. The molecule has 0 fully saturated rings. The van der Waals surface area contributed by atoms with Crippen molar-refractivity contribution in [3.8, 4) is 22.5 Å². The van der Waals surface area contributed by atoms with Crippen molar-refractivity contribution in [1.82, 2.24) is 9.13 Å². The number of para-hydroxylation sites is 3. The summed E-state index contributed by atoms with van der Waals surface area (Å²) in [6.45, 7) is 0. The average molecular weight is 833 g/mol. The molecular formula is C60H40N2OSi. The molecule has 0 unspecified atom stereocenters. The molecule has 0 aliphatic heterocycles. The van der Waals surface area contributed by atoms with Gasteiger partial charge in [-0.15, -0.1) is 0 Å². The van der Waals surface area contributed by atoms with Gasteiger partial charge in [-0.25, -0.2) is 0 Å². The van der Waals surface area contributed by atoms with E-state index in [-0.39, 0.29) is 0 Å². The number of fused-ring (bicyclic) bond motifs is 9. The summed E-state index contributed by atoms with van der Waals surface area (Å²) in [7, 11) is -2.66. The van der Waals surface area contributed by atoms with Gasteiger partial charge in [-0.1, -0.05) is 176 Å². The number of nitrogens with zero attached hydrogens (tertiary/aromatic N) is 2. The van der Waals surface area contributed by atoms with Crippen LogP contribution in [-0.4, -0.2) is 17.2 Å². The lowest BCUT2D eigenvalue weighted by Crippen LogP contribution is -2.74. The minimum atomic E-state index is -2.66. The van der Waals surface area contributed by atoms with E-state index in [0.717, 1.165) is 33.3 Å². The van der Waals surface area contributed by atoms with Gasteiger partial charge in [0.2, 0.25) is 0 Å². The van der Waals surface area contributed by atoms with Gasteiger partial charge in [0.05, 0.1) is 22.1 Å². The Balaban J connectivity index is 0.978. The normalized spacial score (nSPS) is 12.1. The summed E-state index contributed by atoms with van der Waals surface area (Å²) in [6, 6.07) is 89.2. The Bertz CT molecular complexity index is 3790. The van der Waals surface area contributed by atoms with Gasteiger partial charge in [-0.05, 0) is 98.6 Å². The molecule has 0 aliphatic carbocycles. The highest BCUT2D eigenvalue weighted by molar-refractivity contribution is 7.19. The highest BCUT2D eigenvalue weighted by Gasteiger charge is 2.41. The standard InChI is InChI=1S/C60H40N2OSi/c1-4-17-44(18-5-1)64(45-19-6-2-7-20-45,46-21-8-3-9-22-46)47-35-32-42(33-36-47)61-54-27-13-10-23-49(54)52-40-43(34-37-56(52)61)62-55-28-14-11-25-51(55)60-48(26-16-29-57(60)62)41-31-38-59-53(39-41)50-24-12-15-30-58(50)63-59/h1-40H. The molecule has 300 valence electrons. The van der Waals surface area contributed by atoms with E-state index >= 15 is 0 Å². The molecule has 3 aromatic heterocycles. The SMILES string of the molecule is c1ccc([Si](c2ccccc2)(c2ccccc2)c2ccc(-n3c4ccccc4c4cc(-n5c6ccccc6c6c(-c7ccc8oc9ccccc9c8c7)cccc65)ccc43)cc2)cc1. The van der Waals surface area contributed by atoms with Crippen LogP contribution in [0.2, 0.25) is 0 Å². The third kappa shape index (κ3) is 5.39. The minimum Gasteiger partial charge on any atom is -0.456 e. The molecule has 0 saturated heterocycles. The number of rotatable bonds is 7. The molecule has 0 amide bonds.